The number of benzene rings is 1. The highest BCUT2D eigenvalue weighted by Gasteiger charge is 2.43. The summed E-state index contributed by atoms with van der Waals surface area (Å²) >= 11 is 0. The molecule has 1 saturated carbocycles. The zero-order valence-corrected chi connectivity index (χ0v) is 16.6. The Balaban J connectivity index is 2.08. The van der Waals surface area contributed by atoms with Crippen molar-refractivity contribution >= 4 is 21.9 Å². The molecule has 8 nitrogen and oxygen atoms in total. The minimum Gasteiger partial charge on any atom is -0.452 e. The van der Waals surface area contributed by atoms with Crippen molar-refractivity contribution in [2.75, 3.05) is 20.7 Å². The molecule has 0 unspecified atom stereocenters. The van der Waals surface area contributed by atoms with Crippen molar-refractivity contribution in [1.82, 2.24) is 9.62 Å². The first-order valence-electron chi connectivity index (χ1n) is 8.44. The van der Waals surface area contributed by atoms with Crippen molar-refractivity contribution in [2.24, 2.45) is 5.92 Å². The molecule has 1 aliphatic rings. The first-order valence-corrected chi connectivity index (χ1v) is 9.88. The van der Waals surface area contributed by atoms with Gasteiger partial charge in [-0.05, 0) is 50.3 Å². The second-order valence-corrected chi connectivity index (χ2v) is 9.13. The van der Waals surface area contributed by atoms with Gasteiger partial charge in [-0.1, -0.05) is 6.07 Å². The zero-order chi connectivity index (χ0) is 20.4. The number of hydrogen-bond acceptors (Lipinski definition) is 6. The Morgan fingerprint density at radius 1 is 1.37 bits per heavy atom. The van der Waals surface area contributed by atoms with Gasteiger partial charge >= 0.3 is 5.97 Å². The van der Waals surface area contributed by atoms with Gasteiger partial charge in [-0.3, -0.25) is 4.79 Å². The molecule has 146 valence electrons. The Morgan fingerprint density at radius 2 is 2.00 bits per heavy atom. The predicted molar refractivity (Wildman–Crippen MR) is 97.2 cm³/mol. The van der Waals surface area contributed by atoms with Crippen LogP contribution in [0.2, 0.25) is 0 Å². The van der Waals surface area contributed by atoms with Crippen LogP contribution in [0.25, 0.3) is 0 Å². The highest BCUT2D eigenvalue weighted by Crippen LogP contribution is 2.39. The lowest BCUT2D eigenvalue weighted by Crippen LogP contribution is -2.48. The minimum atomic E-state index is -3.70. The van der Waals surface area contributed by atoms with Gasteiger partial charge in [0.05, 0.1) is 16.5 Å². The average Bonchev–Trinajstić information content (AvgIpc) is 3.45. The third kappa shape index (κ3) is 4.64. The van der Waals surface area contributed by atoms with Crippen molar-refractivity contribution in [3.05, 3.63) is 29.3 Å². The van der Waals surface area contributed by atoms with E-state index in [1.54, 1.807) is 13.8 Å². The van der Waals surface area contributed by atoms with E-state index in [-0.39, 0.29) is 16.4 Å². The fourth-order valence-electron chi connectivity index (χ4n) is 2.61. The normalized spacial score (nSPS) is 16.3. The summed E-state index contributed by atoms with van der Waals surface area (Å²) in [4.78, 5) is 24.3. The van der Waals surface area contributed by atoms with Crippen LogP contribution >= 0.6 is 0 Å². The van der Waals surface area contributed by atoms with Gasteiger partial charge in [0.2, 0.25) is 10.0 Å². The summed E-state index contributed by atoms with van der Waals surface area (Å²) < 4.78 is 30.5. The first kappa shape index (κ1) is 20.9. The number of amides is 1. The topological polar surface area (TPSA) is 117 Å². The lowest BCUT2D eigenvalue weighted by molar-refractivity contribution is -0.125. The molecule has 27 heavy (non-hydrogen) atoms. The fraction of sp³-hybridized carbons (Fsp3) is 0.500. The molecule has 9 heteroatoms. The summed E-state index contributed by atoms with van der Waals surface area (Å²) in [6.07, 6.45) is 1.74. The molecule has 1 N–H and O–H groups in total. The number of ether oxygens (including phenoxy) is 1. The summed E-state index contributed by atoms with van der Waals surface area (Å²) in [6, 6.07) is 6.23. The van der Waals surface area contributed by atoms with Crippen molar-refractivity contribution in [1.29, 1.82) is 5.26 Å². The zero-order valence-electron chi connectivity index (χ0n) is 15.8. The molecule has 0 saturated heterocycles. The molecule has 1 aromatic rings. The molecular formula is C18H23N3O5S. The Morgan fingerprint density at radius 3 is 2.52 bits per heavy atom. The van der Waals surface area contributed by atoms with Gasteiger partial charge in [-0.15, -0.1) is 0 Å². The van der Waals surface area contributed by atoms with Crippen LogP contribution in [0.15, 0.2) is 23.1 Å². The largest absolute Gasteiger partial charge is 0.452 e. The van der Waals surface area contributed by atoms with Crippen LogP contribution in [0, 0.1) is 24.2 Å². The third-order valence-electron chi connectivity index (χ3n) is 4.57. The Bertz CT molecular complexity index is 900. The maximum absolute atomic E-state index is 12.3. The van der Waals surface area contributed by atoms with Gasteiger partial charge in [0.15, 0.2) is 6.61 Å². The number of carbonyl (C=O) groups excluding carboxylic acids is 2. The molecule has 2 rings (SSSR count). The average molecular weight is 393 g/mol. The molecule has 0 spiro atoms. The summed E-state index contributed by atoms with van der Waals surface area (Å²) in [5.41, 5.74) is -0.382. The van der Waals surface area contributed by atoms with Crippen molar-refractivity contribution in [3.63, 3.8) is 0 Å². The molecule has 1 amide bonds. The summed E-state index contributed by atoms with van der Waals surface area (Å²) in [6.45, 7) is 2.74. The number of carbonyl (C=O) groups is 2. The molecule has 0 aromatic heterocycles. The van der Waals surface area contributed by atoms with E-state index in [9.17, 15) is 23.3 Å². The van der Waals surface area contributed by atoms with Crippen LogP contribution in [-0.2, 0) is 19.6 Å². The van der Waals surface area contributed by atoms with E-state index in [1.807, 2.05) is 0 Å². The minimum absolute atomic E-state index is 0.0414. The number of esters is 1. The van der Waals surface area contributed by atoms with Gasteiger partial charge < -0.3 is 10.1 Å². The molecular weight excluding hydrogens is 370 g/mol. The Kier molecular flexibility index (Phi) is 5.92. The molecule has 1 atom stereocenters. The maximum Gasteiger partial charge on any atom is 0.338 e. The second kappa shape index (κ2) is 7.66. The van der Waals surface area contributed by atoms with E-state index in [0.717, 1.165) is 17.1 Å². The summed E-state index contributed by atoms with van der Waals surface area (Å²) in [7, 11) is -0.916. The molecule has 0 bridgehead atoms. The fourth-order valence-corrected chi connectivity index (χ4v) is 3.54. The van der Waals surface area contributed by atoms with E-state index in [2.05, 4.69) is 11.4 Å². The molecule has 0 heterocycles. The van der Waals surface area contributed by atoms with E-state index in [4.69, 9.17) is 4.74 Å². The number of nitrogens with zero attached hydrogens (tertiary/aromatic N) is 2. The lowest BCUT2D eigenvalue weighted by Gasteiger charge is -2.22. The third-order valence-corrected chi connectivity index (χ3v) is 6.38. The molecule has 0 radical (unpaired) electrons. The van der Waals surface area contributed by atoms with Crippen LogP contribution < -0.4 is 5.32 Å². The van der Waals surface area contributed by atoms with E-state index in [0.29, 0.717) is 5.56 Å². The Labute approximate surface area is 159 Å². The number of sulfonamides is 1. The predicted octanol–water partition coefficient (Wildman–Crippen LogP) is 1.21. The SMILES string of the molecule is Cc1ccc(S(=O)(=O)N(C)C)cc1C(=O)OCC(=O)N[C@](C)(C#N)C1CC1. The van der Waals surface area contributed by atoms with Gasteiger partial charge in [0.25, 0.3) is 5.91 Å². The standard InChI is InChI=1S/C18H23N3O5S/c1-12-5-8-14(27(24,25)21(3)4)9-15(12)17(23)26-10-16(22)20-18(2,11-19)13-6-7-13/h5,8-9,13H,6-7,10H2,1-4H3,(H,20,22)/t18-/m1/s1. The lowest BCUT2D eigenvalue weighted by atomic mass is 9.98. The van der Waals surface area contributed by atoms with Crippen molar-refractivity contribution in [2.45, 2.75) is 37.1 Å². The van der Waals surface area contributed by atoms with Gasteiger partial charge in [0, 0.05) is 14.1 Å². The molecule has 1 aliphatic carbocycles. The van der Waals surface area contributed by atoms with Gasteiger partial charge in [-0.25, -0.2) is 17.5 Å². The number of rotatable bonds is 7. The molecule has 0 aliphatic heterocycles. The van der Waals surface area contributed by atoms with Crippen LogP contribution in [-0.4, -0.2) is 50.8 Å². The Hall–Kier alpha value is -2.44. The molecule has 1 aromatic carbocycles. The van der Waals surface area contributed by atoms with E-state index >= 15 is 0 Å². The van der Waals surface area contributed by atoms with Gasteiger partial charge in [0.1, 0.15) is 5.54 Å². The van der Waals surface area contributed by atoms with Gasteiger partial charge in [-0.2, -0.15) is 5.26 Å². The second-order valence-electron chi connectivity index (χ2n) is 6.98. The summed E-state index contributed by atoms with van der Waals surface area (Å²) in [5.74, 6) is -1.27. The van der Waals surface area contributed by atoms with Crippen LogP contribution in [0.1, 0.15) is 35.7 Å². The van der Waals surface area contributed by atoms with Crippen molar-refractivity contribution < 1.29 is 22.7 Å². The van der Waals surface area contributed by atoms with Crippen LogP contribution in [0.3, 0.4) is 0 Å². The van der Waals surface area contributed by atoms with E-state index < -0.39 is 34.0 Å². The highest BCUT2D eigenvalue weighted by atomic mass is 32.2. The number of hydrogen-bond donors (Lipinski definition) is 1. The monoisotopic (exact) mass is 393 g/mol. The first-order chi connectivity index (χ1) is 12.5. The smallest absolute Gasteiger partial charge is 0.338 e. The molecule has 1 fully saturated rings. The highest BCUT2D eigenvalue weighted by molar-refractivity contribution is 7.89. The number of nitrogens with one attached hydrogen (secondary N) is 1. The maximum atomic E-state index is 12.3. The van der Waals surface area contributed by atoms with E-state index in [1.165, 1.54) is 32.3 Å². The number of aryl methyl sites for hydroxylation is 1. The quantitative estimate of drug-likeness (QED) is 0.696. The number of nitriles is 1. The van der Waals surface area contributed by atoms with Crippen molar-refractivity contribution in [3.8, 4) is 6.07 Å². The van der Waals surface area contributed by atoms with Crippen LogP contribution in [0.5, 0.6) is 0 Å². The summed E-state index contributed by atoms with van der Waals surface area (Å²) in [5, 5.41) is 11.9. The van der Waals surface area contributed by atoms with Crippen LogP contribution in [0.4, 0.5) is 0 Å².